The minimum Gasteiger partial charge on any atom is -0.238 e. The lowest BCUT2D eigenvalue weighted by Gasteiger charge is -2.26. The van der Waals surface area contributed by atoms with Crippen LogP contribution in [0.1, 0.15) is 44.9 Å². The Morgan fingerprint density at radius 3 is 2.27 bits per heavy atom. The van der Waals surface area contributed by atoms with Crippen molar-refractivity contribution in [1.82, 2.24) is 5.32 Å². The van der Waals surface area contributed by atoms with Crippen molar-refractivity contribution in [1.29, 1.82) is 0 Å². The van der Waals surface area contributed by atoms with Crippen LogP contribution in [0.2, 0.25) is 0 Å². The lowest BCUT2D eigenvalue weighted by Crippen LogP contribution is -2.27. The Hall–Kier alpha value is -0.0400. The molecule has 1 saturated carbocycles. The predicted octanol–water partition coefficient (Wildman–Crippen LogP) is 2.33. The van der Waals surface area contributed by atoms with Gasteiger partial charge in [0.05, 0.1) is 0 Å². The second-order valence-electron chi connectivity index (χ2n) is 4.01. The van der Waals surface area contributed by atoms with Crippen LogP contribution in [-0.2, 0) is 0 Å². The third-order valence-corrected chi connectivity index (χ3v) is 3.22. The monoisotopic (exact) mass is 152 g/mol. The van der Waals surface area contributed by atoms with E-state index in [1.165, 1.54) is 44.9 Å². The van der Waals surface area contributed by atoms with Gasteiger partial charge in [0.25, 0.3) is 0 Å². The predicted molar refractivity (Wildman–Crippen MR) is 46.6 cm³/mol. The maximum Gasteiger partial charge on any atom is 0.0274 e. The number of hydrogen-bond donors (Lipinski definition) is 0. The molecule has 2 fully saturated rings. The molecule has 1 aliphatic heterocycles. The number of hydrogen-bond acceptors (Lipinski definition) is 0. The van der Waals surface area contributed by atoms with Gasteiger partial charge in [-0.05, 0) is 31.6 Å². The third kappa shape index (κ3) is 1.76. The van der Waals surface area contributed by atoms with Gasteiger partial charge >= 0.3 is 0 Å². The van der Waals surface area contributed by atoms with Crippen molar-refractivity contribution in [2.45, 2.75) is 51.0 Å². The first-order valence-electron chi connectivity index (χ1n) is 5.13. The van der Waals surface area contributed by atoms with E-state index < -0.39 is 0 Å². The fraction of sp³-hybridized carbons (Fsp3) is 1.00. The standard InChI is InChI=1S/C10H18N/c1-2-5-9(6-3-1)10-7-4-8-11-10/h9-10H,1-8H2. The van der Waals surface area contributed by atoms with Crippen molar-refractivity contribution in [3.63, 3.8) is 0 Å². The minimum atomic E-state index is 0.773. The zero-order valence-electron chi connectivity index (χ0n) is 7.26. The van der Waals surface area contributed by atoms with E-state index in [1.807, 2.05) is 0 Å². The Kier molecular flexibility index (Phi) is 2.47. The van der Waals surface area contributed by atoms with Gasteiger partial charge in [0.2, 0.25) is 0 Å². The molecule has 1 atom stereocenters. The van der Waals surface area contributed by atoms with E-state index in [-0.39, 0.29) is 0 Å². The summed E-state index contributed by atoms with van der Waals surface area (Å²) in [6.07, 6.45) is 10.1. The highest BCUT2D eigenvalue weighted by atomic mass is 14.9. The van der Waals surface area contributed by atoms with Gasteiger partial charge in [0, 0.05) is 12.6 Å². The van der Waals surface area contributed by atoms with Gasteiger partial charge in [0.15, 0.2) is 0 Å². The molecule has 0 aromatic heterocycles. The molecule has 2 rings (SSSR count). The molecule has 1 heterocycles. The average Bonchev–Trinajstić information content (AvgIpc) is 2.58. The van der Waals surface area contributed by atoms with Gasteiger partial charge in [-0.15, -0.1) is 0 Å². The maximum absolute atomic E-state index is 4.66. The zero-order valence-corrected chi connectivity index (χ0v) is 7.26. The fourth-order valence-electron chi connectivity index (χ4n) is 2.55. The third-order valence-electron chi connectivity index (χ3n) is 3.22. The van der Waals surface area contributed by atoms with E-state index in [9.17, 15) is 0 Å². The summed E-state index contributed by atoms with van der Waals surface area (Å²) in [5.41, 5.74) is 0. The molecule has 1 radical (unpaired) electrons. The number of nitrogens with zero attached hydrogens (tertiary/aromatic N) is 1. The summed E-state index contributed by atoms with van der Waals surface area (Å²) in [5.74, 6) is 0.978. The van der Waals surface area contributed by atoms with E-state index in [0.717, 1.165) is 18.5 Å². The Balaban J connectivity index is 1.82. The molecule has 1 saturated heterocycles. The summed E-state index contributed by atoms with van der Waals surface area (Å²) in [6, 6.07) is 0.773. The first kappa shape index (κ1) is 7.60. The largest absolute Gasteiger partial charge is 0.238 e. The molecule has 0 N–H and O–H groups in total. The van der Waals surface area contributed by atoms with Gasteiger partial charge in [0.1, 0.15) is 0 Å². The maximum atomic E-state index is 4.66. The van der Waals surface area contributed by atoms with Crippen LogP contribution in [-0.4, -0.2) is 12.6 Å². The highest BCUT2D eigenvalue weighted by Gasteiger charge is 2.26. The SMILES string of the molecule is C1CCC(C2CCC[N]2)CC1. The van der Waals surface area contributed by atoms with Crippen LogP contribution in [0.4, 0.5) is 0 Å². The minimum absolute atomic E-state index is 0.773. The Bertz CT molecular complexity index is 110. The van der Waals surface area contributed by atoms with Crippen LogP contribution in [0, 0.1) is 5.92 Å². The molecule has 1 nitrogen and oxygen atoms in total. The highest BCUT2D eigenvalue weighted by Crippen LogP contribution is 2.30. The van der Waals surface area contributed by atoms with Crippen molar-refractivity contribution in [2.75, 3.05) is 6.54 Å². The average molecular weight is 152 g/mol. The van der Waals surface area contributed by atoms with E-state index in [4.69, 9.17) is 0 Å². The smallest absolute Gasteiger partial charge is 0.0274 e. The lowest BCUT2D eigenvalue weighted by molar-refractivity contribution is 0.285. The van der Waals surface area contributed by atoms with Gasteiger partial charge in [-0.25, -0.2) is 5.32 Å². The summed E-state index contributed by atoms with van der Waals surface area (Å²) in [6.45, 7) is 1.15. The van der Waals surface area contributed by atoms with Crippen molar-refractivity contribution < 1.29 is 0 Å². The second-order valence-corrected chi connectivity index (χ2v) is 4.01. The fourth-order valence-corrected chi connectivity index (χ4v) is 2.55. The highest BCUT2D eigenvalue weighted by molar-refractivity contribution is 4.82. The van der Waals surface area contributed by atoms with Crippen LogP contribution in [0.3, 0.4) is 0 Å². The summed E-state index contributed by atoms with van der Waals surface area (Å²) in [4.78, 5) is 0. The molecule has 0 amide bonds. The Labute approximate surface area is 69.6 Å². The van der Waals surface area contributed by atoms with Crippen LogP contribution >= 0.6 is 0 Å². The molecule has 0 aromatic rings. The molecule has 1 unspecified atom stereocenters. The van der Waals surface area contributed by atoms with Crippen LogP contribution in [0.5, 0.6) is 0 Å². The summed E-state index contributed by atoms with van der Waals surface area (Å²) in [7, 11) is 0. The molecule has 2 aliphatic rings. The summed E-state index contributed by atoms with van der Waals surface area (Å²) in [5, 5.41) is 4.66. The van der Waals surface area contributed by atoms with Crippen molar-refractivity contribution in [3.05, 3.63) is 0 Å². The first-order valence-corrected chi connectivity index (χ1v) is 5.13. The molecule has 0 bridgehead atoms. The van der Waals surface area contributed by atoms with Crippen LogP contribution in [0.25, 0.3) is 0 Å². The van der Waals surface area contributed by atoms with E-state index >= 15 is 0 Å². The van der Waals surface area contributed by atoms with Crippen LogP contribution in [0.15, 0.2) is 0 Å². The number of rotatable bonds is 1. The van der Waals surface area contributed by atoms with Crippen molar-refractivity contribution >= 4 is 0 Å². The van der Waals surface area contributed by atoms with Gasteiger partial charge in [-0.3, -0.25) is 0 Å². The summed E-state index contributed by atoms with van der Waals surface area (Å²) < 4.78 is 0. The molecule has 0 aromatic carbocycles. The van der Waals surface area contributed by atoms with Gasteiger partial charge in [-0.1, -0.05) is 19.3 Å². The molecular weight excluding hydrogens is 134 g/mol. The molecule has 1 heteroatoms. The van der Waals surface area contributed by atoms with Crippen molar-refractivity contribution in [3.8, 4) is 0 Å². The topological polar surface area (TPSA) is 14.1 Å². The van der Waals surface area contributed by atoms with Gasteiger partial charge in [-0.2, -0.15) is 0 Å². The van der Waals surface area contributed by atoms with Gasteiger partial charge < -0.3 is 0 Å². The normalized spacial score (nSPS) is 34.4. The molecule has 0 spiro atoms. The lowest BCUT2D eigenvalue weighted by atomic mass is 9.83. The van der Waals surface area contributed by atoms with Crippen molar-refractivity contribution in [2.24, 2.45) is 5.92 Å². The molecule has 11 heavy (non-hydrogen) atoms. The summed E-state index contributed by atoms with van der Waals surface area (Å²) >= 11 is 0. The Morgan fingerprint density at radius 2 is 1.64 bits per heavy atom. The quantitative estimate of drug-likeness (QED) is 0.547. The zero-order chi connectivity index (χ0) is 7.52. The van der Waals surface area contributed by atoms with E-state index in [0.29, 0.717) is 0 Å². The first-order chi connectivity index (χ1) is 5.47. The second kappa shape index (κ2) is 3.57. The molecule has 63 valence electrons. The Morgan fingerprint density at radius 1 is 0.818 bits per heavy atom. The molecule has 1 aliphatic carbocycles. The molecular formula is C10H18N. The van der Waals surface area contributed by atoms with E-state index in [2.05, 4.69) is 5.32 Å². The van der Waals surface area contributed by atoms with Crippen LogP contribution < -0.4 is 5.32 Å². The van der Waals surface area contributed by atoms with E-state index in [1.54, 1.807) is 0 Å².